The lowest BCUT2D eigenvalue weighted by Gasteiger charge is -2.07. The summed E-state index contributed by atoms with van der Waals surface area (Å²) in [5, 5.41) is 9.53. The number of thiazole rings is 1. The highest BCUT2D eigenvalue weighted by Crippen LogP contribution is 2.15. The van der Waals surface area contributed by atoms with Crippen LogP contribution in [-0.2, 0) is 10.0 Å². The summed E-state index contributed by atoms with van der Waals surface area (Å²) in [4.78, 5) is 3.77. The lowest BCUT2D eigenvalue weighted by Crippen LogP contribution is -2.25. The molecule has 0 fully saturated rings. The van der Waals surface area contributed by atoms with Crippen LogP contribution < -0.4 is 4.72 Å². The number of hydrogen-bond donors (Lipinski definition) is 1. The van der Waals surface area contributed by atoms with Gasteiger partial charge >= 0.3 is 0 Å². The van der Waals surface area contributed by atoms with Gasteiger partial charge in [0.25, 0.3) is 10.0 Å². The van der Waals surface area contributed by atoms with Gasteiger partial charge in [-0.2, -0.15) is 5.26 Å². The molecule has 0 spiro atoms. The summed E-state index contributed by atoms with van der Waals surface area (Å²) in [6, 6.07) is 1.73. The topological polar surface area (TPSA) is 82.8 Å². The molecular weight excluding hydrogens is 222 g/mol. The molecule has 0 bridgehead atoms. The van der Waals surface area contributed by atoms with Gasteiger partial charge in [-0.3, -0.25) is 4.72 Å². The second-order valence-electron chi connectivity index (χ2n) is 2.51. The zero-order chi connectivity index (χ0) is 10.6. The molecule has 0 saturated heterocycles. The molecule has 0 aliphatic rings. The molecule has 1 aromatic heterocycles. The Balaban J connectivity index is 2.83. The van der Waals surface area contributed by atoms with Gasteiger partial charge in [0.05, 0.1) is 6.07 Å². The third-order valence-electron chi connectivity index (χ3n) is 1.55. The summed E-state index contributed by atoms with van der Waals surface area (Å²) in [5.74, 6) is 0. The van der Waals surface area contributed by atoms with Crippen LogP contribution in [0, 0.1) is 11.3 Å². The molecule has 0 aliphatic heterocycles. The molecular formula is C7H9N3O2S2. The van der Waals surface area contributed by atoms with E-state index < -0.39 is 15.3 Å². The van der Waals surface area contributed by atoms with E-state index in [2.05, 4.69) is 9.71 Å². The number of nitrogens with one attached hydrogen (secondary N) is 1. The molecule has 0 aliphatic carbocycles. The fourth-order valence-electron chi connectivity index (χ4n) is 0.847. The molecule has 1 N–H and O–H groups in total. The summed E-state index contributed by atoms with van der Waals surface area (Å²) < 4.78 is 25.2. The minimum atomic E-state index is -3.61. The fourth-order valence-corrected chi connectivity index (χ4v) is 2.78. The van der Waals surface area contributed by atoms with Crippen molar-refractivity contribution in [3.63, 3.8) is 0 Å². The monoisotopic (exact) mass is 231 g/mol. The number of hydrogen-bond acceptors (Lipinski definition) is 5. The van der Waals surface area contributed by atoms with Crippen LogP contribution in [-0.4, -0.2) is 18.7 Å². The van der Waals surface area contributed by atoms with Crippen LogP contribution in [0.15, 0.2) is 11.6 Å². The van der Waals surface area contributed by atoms with Crippen LogP contribution in [0.2, 0.25) is 0 Å². The van der Waals surface area contributed by atoms with Crippen molar-refractivity contribution < 1.29 is 8.42 Å². The second kappa shape index (κ2) is 4.39. The Kier molecular flexibility index (Phi) is 3.43. The van der Waals surface area contributed by atoms with Crippen molar-refractivity contribution in [3.8, 4) is 6.07 Å². The van der Waals surface area contributed by atoms with Crippen LogP contribution in [0.25, 0.3) is 0 Å². The average Bonchev–Trinajstić information content (AvgIpc) is 2.57. The fraction of sp³-hybridized carbons (Fsp3) is 0.429. The summed E-state index contributed by atoms with van der Waals surface area (Å²) in [6.45, 7) is 1.65. The lowest BCUT2D eigenvalue weighted by atomic mass is 10.4. The molecule has 0 amide bonds. The Hall–Kier alpha value is -1.13. The molecule has 7 heteroatoms. The molecule has 0 saturated carbocycles. The minimum absolute atomic E-state index is 0.261. The Morgan fingerprint density at radius 3 is 2.93 bits per heavy atom. The standard InChI is InChI=1S/C7H9N3O2S2/c1-2-6(5-8)14(11,12)10-7-9-3-4-13-7/h3-4,6H,2H2,1H3,(H,9,10). The Morgan fingerprint density at radius 1 is 1.79 bits per heavy atom. The Bertz CT molecular complexity index is 418. The highest BCUT2D eigenvalue weighted by atomic mass is 32.2. The minimum Gasteiger partial charge on any atom is -0.258 e. The Morgan fingerprint density at radius 2 is 2.50 bits per heavy atom. The molecule has 0 radical (unpaired) electrons. The zero-order valence-electron chi connectivity index (χ0n) is 7.47. The first-order valence-corrected chi connectivity index (χ1v) is 6.33. The summed E-state index contributed by atoms with van der Waals surface area (Å²) in [5.41, 5.74) is 0. The van der Waals surface area contributed by atoms with E-state index in [0.717, 1.165) is 0 Å². The van der Waals surface area contributed by atoms with E-state index in [1.54, 1.807) is 18.4 Å². The van der Waals surface area contributed by atoms with Crippen molar-refractivity contribution >= 4 is 26.5 Å². The van der Waals surface area contributed by atoms with Crippen LogP contribution in [0.1, 0.15) is 13.3 Å². The maximum Gasteiger partial charge on any atom is 0.250 e. The molecule has 14 heavy (non-hydrogen) atoms. The van der Waals surface area contributed by atoms with Crippen LogP contribution in [0.4, 0.5) is 5.13 Å². The first-order chi connectivity index (χ1) is 6.60. The van der Waals surface area contributed by atoms with Crippen LogP contribution >= 0.6 is 11.3 Å². The first-order valence-electron chi connectivity index (χ1n) is 3.91. The number of nitriles is 1. The third kappa shape index (κ3) is 2.43. The molecule has 0 aromatic carbocycles. The van der Waals surface area contributed by atoms with Crippen molar-refractivity contribution in [1.82, 2.24) is 4.98 Å². The van der Waals surface area contributed by atoms with Gasteiger partial charge in [0.15, 0.2) is 10.4 Å². The third-order valence-corrected chi connectivity index (χ3v) is 4.03. The van der Waals surface area contributed by atoms with E-state index in [-0.39, 0.29) is 6.42 Å². The normalized spacial score (nSPS) is 13.1. The molecule has 5 nitrogen and oxygen atoms in total. The maximum absolute atomic E-state index is 11.5. The van der Waals surface area contributed by atoms with Crippen molar-refractivity contribution in [2.45, 2.75) is 18.6 Å². The number of rotatable bonds is 4. The maximum atomic E-state index is 11.5. The molecule has 1 heterocycles. The smallest absolute Gasteiger partial charge is 0.250 e. The zero-order valence-corrected chi connectivity index (χ0v) is 9.10. The van der Waals surface area contributed by atoms with Gasteiger partial charge in [-0.15, -0.1) is 11.3 Å². The van der Waals surface area contributed by atoms with Gasteiger partial charge in [0.2, 0.25) is 0 Å². The van der Waals surface area contributed by atoms with E-state index in [4.69, 9.17) is 5.26 Å². The lowest BCUT2D eigenvalue weighted by molar-refractivity contribution is 0.593. The molecule has 1 unspecified atom stereocenters. The molecule has 1 rings (SSSR count). The number of anilines is 1. The molecule has 1 aromatic rings. The van der Waals surface area contributed by atoms with E-state index in [9.17, 15) is 8.42 Å². The number of nitrogens with zero attached hydrogens (tertiary/aromatic N) is 2. The van der Waals surface area contributed by atoms with Gasteiger partial charge in [0, 0.05) is 11.6 Å². The summed E-state index contributed by atoms with van der Waals surface area (Å²) >= 11 is 1.18. The quantitative estimate of drug-likeness (QED) is 0.843. The molecule has 76 valence electrons. The highest BCUT2D eigenvalue weighted by molar-refractivity contribution is 7.93. The number of aromatic nitrogens is 1. The molecule has 1 atom stereocenters. The van der Waals surface area contributed by atoms with Gasteiger partial charge < -0.3 is 0 Å². The van der Waals surface area contributed by atoms with Gasteiger partial charge in [-0.25, -0.2) is 13.4 Å². The van der Waals surface area contributed by atoms with Crippen molar-refractivity contribution in [2.75, 3.05) is 4.72 Å². The van der Waals surface area contributed by atoms with Gasteiger partial charge in [-0.1, -0.05) is 6.92 Å². The van der Waals surface area contributed by atoms with Gasteiger partial charge in [-0.05, 0) is 6.42 Å². The van der Waals surface area contributed by atoms with Crippen molar-refractivity contribution in [3.05, 3.63) is 11.6 Å². The summed E-state index contributed by atoms with van der Waals surface area (Å²) in [7, 11) is -3.61. The predicted molar refractivity (Wildman–Crippen MR) is 54.3 cm³/mol. The number of sulfonamides is 1. The van der Waals surface area contributed by atoms with Crippen molar-refractivity contribution in [2.24, 2.45) is 0 Å². The largest absolute Gasteiger partial charge is 0.258 e. The van der Waals surface area contributed by atoms with E-state index in [0.29, 0.717) is 5.13 Å². The average molecular weight is 231 g/mol. The van der Waals surface area contributed by atoms with Crippen LogP contribution in [0.3, 0.4) is 0 Å². The van der Waals surface area contributed by atoms with E-state index in [1.807, 2.05) is 0 Å². The predicted octanol–water partition coefficient (Wildman–Crippen LogP) is 1.19. The van der Waals surface area contributed by atoms with E-state index in [1.165, 1.54) is 17.5 Å². The van der Waals surface area contributed by atoms with E-state index >= 15 is 0 Å². The SMILES string of the molecule is CCC(C#N)S(=O)(=O)Nc1nccs1. The van der Waals surface area contributed by atoms with Gasteiger partial charge in [0.1, 0.15) is 0 Å². The van der Waals surface area contributed by atoms with Crippen molar-refractivity contribution in [1.29, 1.82) is 5.26 Å². The first kappa shape index (κ1) is 10.9. The highest BCUT2D eigenvalue weighted by Gasteiger charge is 2.23. The summed E-state index contributed by atoms with van der Waals surface area (Å²) in [6.07, 6.45) is 1.76. The Labute approximate surface area is 86.5 Å². The van der Waals surface area contributed by atoms with Crippen LogP contribution in [0.5, 0.6) is 0 Å². The second-order valence-corrected chi connectivity index (χ2v) is 5.27.